The first-order valence-electron chi connectivity index (χ1n) is 9.48. The molecule has 2 saturated heterocycles. The molecule has 1 N–H and O–H groups in total. The Morgan fingerprint density at radius 1 is 0.923 bits per heavy atom. The number of likely N-dealkylation sites (N-methyl/N-ethyl adjacent to an activating group) is 1. The van der Waals surface area contributed by atoms with Gasteiger partial charge in [-0.3, -0.25) is 4.79 Å². The third kappa shape index (κ3) is 2.95. The highest BCUT2D eigenvalue weighted by molar-refractivity contribution is 6.15. The molecule has 0 amide bonds. The van der Waals surface area contributed by atoms with E-state index in [0.29, 0.717) is 12.1 Å². The van der Waals surface area contributed by atoms with Gasteiger partial charge in [0.05, 0.1) is 18.2 Å². The van der Waals surface area contributed by atoms with Gasteiger partial charge in [-0.15, -0.1) is 0 Å². The molecule has 0 aliphatic carbocycles. The number of piperidine rings is 1. The first-order chi connectivity index (χ1) is 12.5. The lowest BCUT2D eigenvalue weighted by atomic mass is 9.88. The third-order valence-electron chi connectivity index (χ3n) is 5.98. The number of rotatable bonds is 2. The molecule has 2 aliphatic heterocycles. The van der Waals surface area contributed by atoms with Crippen LogP contribution in [0.15, 0.2) is 59.7 Å². The molecule has 2 heteroatoms. The predicted molar refractivity (Wildman–Crippen MR) is 107 cm³/mol. The van der Waals surface area contributed by atoms with Crippen LogP contribution in [0.1, 0.15) is 35.1 Å². The molecule has 2 aromatic rings. The number of aryl methyl sites for hydroxylation is 2. The van der Waals surface area contributed by atoms with E-state index < -0.39 is 0 Å². The van der Waals surface area contributed by atoms with Crippen molar-refractivity contribution in [1.29, 1.82) is 0 Å². The third-order valence-corrected chi connectivity index (χ3v) is 5.98. The molecule has 2 nitrogen and oxygen atoms in total. The van der Waals surface area contributed by atoms with E-state index in [-0.39, 0.29) is 5.78 Å². The van der Waals surface area contributed by atoms with E-state index in [1.807, 2.05) is 12.1 Å². The Balaban J connectivity index is 1.80. The van der Waals surface area contributed by atoms with Crippen LogP contribution in [0.2, 0.25) is 0 Å². The molecule has 2 heterocycles. The standard InChI is InChI=1S/C24H25NO/c1-16-7-6-9-18(13-16)14-20-22-11-12-23(25(22)3)21(24(20)26)15-19-10-5-4-8-17(19)2/h4-10,13-15,22-23H,11-12H2,1-3H3/p+1/b20-14+,21-15+/t22-,23+/m0/s1. The fraction of sp³-hybridized carbons (Fsp3) is 0.292. The number of Topliss-reactive ketones (excluding diaryl/α,β-unsaturated/α-hetero) is 1. The van der Waals surface area contributed by atoms with Gasteiger partial charge in [0.15, 0.2) is 5.78 Å². The van der Waals surface area contributed by atoms with Crippen molar-refractivity contribution in [2.24, 2.45) is 0 Å². The summed E-state index contributed by atoms with van der Waals surface area (Å²) in [7, 11) is 2.24. The maximum Gasteiger partial charge on any atom is 0.196 e. The molecule has 4 rings (SSSR count). The van der Waals surface area contributed by atoms with Gasteiger partial charge < -0.3 is 4.90 Å². The van der Waals surface area contributed by atoms with Crippen LogP contribution < -0.4 is 4.90 Å². The van der Waals surface area contributed by atoms with Crippen LogP contribution >= 0.6 is 0 Å². The zero-order chi connectivity index (χ0) is 18.3. The maximum absolute atomic E-state index is 13.4. The van der Waals surface area contributed by atoms with Crippen LogP contribution in [0, 0.1) is 13.8 Å². The quantitative estimate of drug-likeness (QED) is 0.829. The van der Waals surface area contributed by atoms with E-state index in [0.717, 1.165) is 35.1 Å². The summed E-state index contributed by atoms with van der Waals surface area (Å²) in [6, 6.07) is 17.4. The first kappa shape index (κ1) is 17.0. The second-order valence-electron chi connectivity index (χ2n) is 7.73. The van der Waals surface area contributed by atoms with Crippen molar-refractivity contribution in [1.82, 2.24) is 0 Å². The highest BCUT2D eigenvalue weighted by atomic mass is 16.1. The number of carbonyl (C=O) groups excluding carboxylic acids is 1. The monoisotopic (exact) mass is 344 g/mol. The fourth-order valence-electron chi connectivity index (χ4n) is 4.50. The Hall–Kier alpha value is -2.45. The van der Waals surface area contributed by atoms with Gasteiger partial charge in [-0.25, -0.2) is 0 Å². The van der Waals surface area contributed by atoms with Crippen molar-refractivity contribution in [3.8, 4) is 0 Å². The molecular weight excluding hydrogens is 318 g/mol. The number of hydrogen-bond acceptors (Lipinski definition) is 1. The van der Waals surface area contributed by atoms with Crippen LogP contribution in [-0.4, -0.2) is 24.9 Å². The van der Waals surface area contributed by atoms with Gasteiger partial charge in [0, 0.05) is 12.8 Å². The minimum absolute atomic E-state index is 0.243. The van der Waals surface area contributed by atoms with Gasteiger partial charge in [-0.05, 0) is 42.7 Å². The van der Waals surface area contributed by atoms with Crippen molar-refractivity contribution in [2.75, 3.05) is 7.05 Å². The molecule has 0 saturated carbocycles. The molecule has 0 aromatic heterocycles. The Morgan fingerprint density at radius 3 is 2.31 bits per heavy atom. The Labute approximate surface area is 155 Å². The first-order valence-corrected chi connectivity index (χ1v) is 9.48. The van der Waals surface area contributed by atoms with Crippen molar-refractivity contribution >= 4 is 17.9 Å². The highest BCUT2D eigenvalue weighted by Gasteiger charge is 2.48. The lowest BCUT2D eigenvalue weighted by Crippen LogP contribution is -3.16. The molecule has 2 bridgehead atoms. The second-order valence-corrected chi connectivity index (χ2v) is 7.73. The Morgan fingerprint density at radius 2 is 1.62 bits per heavy atom. The maximum atomic E-state index is 13.4. The molecule has 2 aliphatic rings. The van der Waals surface area contributed by atoms with E-state index in [4.69, 9.17) is 0 Å². The summed E-state index contributed by atoms with van der Waals surface area (Å²) >= 11 is 0. The molecule has 26 heavy (non-hydrogen) atoms. The average molecular weight is 344 g/mol. The van der Waals surface area contributed by atoms with E-state index in [1.54, 1.807) is 0 Å². The van der Waals surface area contributed by atoms with Gasteiger partial charge >= 0.3 is 0 Å². The van der Waals surface area contributed by atoms with E-state index >= 15 is 0 Å². The van der Waals surface area contributed by atoms with Crippen LogP contribution in [0.5, 0.6) is 0 Å². The summed E-state index contributed by atoms with van der Waals surface area (Å²) in [5.74, 6) is 0.243. The van der Waals surface area contributed by atoms with Crippen molar-refractivity contribution in [2.45, 2.75) is 38.8 Å². The van der Waals surface area contributed by atoms with Crippen molar-refractivity contribution in [3.63, 3.8) is 0 Å². The van der Waals surface area contributed by atoms with Gasteiger partial charge in [0.1, 0.15) is 12.1 Å². The molecule has 2 aromatic carbocycles. The number of carbonyl (C=O) groups is 1. The largest absolute Gasteiger partial charge is 0.325 e. The highest BCUT2D eigenvalue weighted by Crippen LogP contribution is 2.31. The fourth-order valence-corrected chi connectivity index (χ4v) is 4.50. The van der Waals surface area contributed by atoms with Crippen LogP contribution in [-0.2, 0) is 4.79 Å². The van der Waals surface area contributed by atoms with E-state index in [2.05, 4.69) is 69.4 Å². The summed E-state index contributed by atoms with van der Waals surface area (Å²) in [4.78, 5) is 14.8. The van der Waals surface area contributed by atoms with Gasteiger partial charge in [-0.2, -0.15) is 0 Å². The minimum Gasteiger partial charge on any atom is -0.325 e. The van der Waals surface area contributed by atoms with Crippen molar-refractivity contribution < 1.29 is 9.69 Å². The number of benzene rings is 2. The molecule has 1 unspecified atom stereocenters. The predicted octanol–water partition coefficient (Wildman–Crippen LogP) is 3.40. The van der Waals surface area contributed by atoms with Crippen LogP contribution in [0.4, 0.5) is 0 Å². The summed E-state index contributed by atoms with van der Waals surface area (Å²) < 4.78 is 0. The Bertz CT molecular complexity index is 921. The molecule has 2 fully saturated rings. The average Bonchev–Trinajstić information content (AvgIpc) is 2.93. The lowest BCUT2D eigenvalue weighted by Gasteiger charge is -2.31. The topological polar surface area (TPSA) is 21.5 Å². The smallest absolute Gasteiger partial charge is 0.196 e. The zero-order valence-corrected chi connectivity index (χ0v) is 15.8. The number of quaternary nitrogens is 1. The normalized spacial score (nSPS) is 28.1. The number of ketones is 1. The number of hydrogen-bond donors (Lipinski definition) is 1. The Kier molecular flexibility index (Phi) is 4.37. The van der Waals surface area contributed by atoms with Gasteiger partial charge in [0.2, 0.25) is 0 Å². The molecule has 132 valence electrons. The van der Waals surface area contributed by atoms with E-state index in [1.165, 1.54) is 16.0 Å². The van der Waals surface area contributed by atoms with Gasteiger partial charge in [0.25, 0.3) is 0 Å². The summed E-state index contributed by atoms with van der Waals surface area (Å²) in [5, 5.41) is 0. The summed E-state index contributed by atoms with van der Waals surface area (Å²) in [6.45, 7) is 4.20. The van der Waals surface area contributed by atoms with Gasteiger partial charge in [-0.1, -0.05) is 54.1 Å². The molecular formula is C24H26NO+. The molecule has 3 atom stereocenters. The van der Waals surface area contributed by atoms with Crippen LogP contribution in [0.25, 0.3) is 12.2 Å². The minimum atomic E-state index is 0.243. The van der Waals surface area contributed by atoms with Crippen molar-refractivity contribution in [3.05, 3.63) is 81.9 Å². The summed E-state index contributed by atoms with van der Waals surface area (Å²) in [6.07, 6.45) is 6.43. The van der Waals surface area contributed by atoms with E-state index in [9.17, 15) is 4.79 Å². The van der Waals surface area contributed by atoms with Crippen LogP contribution in [0.3, 0.4) is 0 Å². The number of nitrogens with one attached hydrogen (secondary N) is 1. The molecule has 0 radical (unpaired) electrons. The zero-order valence-electron chi connectivity index (χ0n) is 15.8. The SMILES string of the molecule is Cc1cccc(/C=C2/C(=O)/C(=C/c3ccccc3C)[C@H]3CC[C@@H]2[NH+]3C)c1. The second kappa shape index (κ2) is 6.69. The lowest BCUT2D eigenvalue weighted by molar-refractivity contribution is -0.906. The number of fused-ring (bicyclic) bond motifs is 2. The molecule has 0 spiro atoms. The summed E-state index contributed by atoms with van der Waals surface area (Å²) in [5.41, 5.74) is 6.68.